The summed E-state index contributed by atoms with van der Waals surface area (Å²) in [6.07, 6.45) is 2.27. The summed E-state index contributed by atoms with van der Waals surface area (Å²) in [6.45, 7) is 3.93. The summed E-state index contributed by atoms with van der Waals surface area (Å²) in [5.41, 5.74) is 6.21. The van der Waals surface area contributed by atoms with E-state index in [1.54, 1.807) is 23.9 Å². The normalized spacial score (nSPS) is 10.5. The SMILES string of the molecule is Cc1ccccc1C(=CCSc1ccc(OCC(=O)O)cc1Br)c1ccccc1C. The molecule has 0 saturated carbocycles. The predicted octanol–water partition coefficient (Wildman–Crippen LogP) is 6.75. The molecule has 5 heteroatoms. The Balaban J connectivity index is 1.83. The highest BCUT2D eigenvalue weighted by molar-refractivity contribution is 9.10. The van der Waals surface area contributed by atoms with Crippen molar-refractivity contribution in [2.45, 2.75) is 18.7 Å². The van der Waals surface area contributed by atoms with Gasteiger partial charge in [0, 0.05) is 15.1 Å². The van der Waals surface area contributed by atoms with Crippen molar-refractivity contribution in [1.29, 1.82) is 0 Å². The first-order chi connectivity index (χ1) is 14.5. The smallest absolute Gasteiger partial charge is 0.341 e. The zero-order valence-electron chi connectivity index (χ0n) is 16.9. The molecule has 0 spiro atoms. The number of halogens is 1. The standard InChI is InChI=1S/C25H23BrO3S/c1-17-7-3-5-9-20(17)22(21-10-6-4-8-18(21)2)13-14-30-24-12-11-19(15-23(24)26)29-16-25(27)28/h3-13,15H,14,16H2,1-2H3,(H,27,28). The van der Waals surface area contributed by atoms with Crippen LogP contribution in [0.5, 0.6) is 5.75 Å². The molecule has 0 fully saturated rings. The van der Waals surface area contributed by atoms with Gasteiger partial charge in [-0.25, -0.2) is 4.79 Å². The van der Waals surface area contributed by atoms with Gasteiger partial charge in [0.05, 0.1) is 0 Å². The molecule has 3 rings (SSSR count). The maximum Gasteiger partial charge on any atom is 0.341 e. The van der Waals surface area contributed by atoms with Gasteiger partial charge in [-0.05, 0) is 75.8 Å². The maximum atomic E-state index is 10.7. The quantitative estimate of drug-likeness (QED) is 0.360. The van der Waals surface area contributed by atoms with Crippen molar-refractivity contribution in [3.8, 4) is 5.75 Å². The monoisotopic (exact) mass is 482 g/mol. The van der Waals surface area contributed by atoms with Crippen molar-refractivity contribution in [1.82, 2.24) is 0 Å². The van der Waals surface area contributed by atoms with Crippen LogP contribution in [0.4, 0.5) is 0 Å². The lowest BCUT2D eigenvalue weighted by atomic mass is 9.92. The number of carboxylic acids is 1. The Hall–Kier alpha value is -2.50. The second-order valence-electron chi connectivity index (χ2n) is 6.83. The van der Waals surface area contributed by atoms with Crippen LogP contribution in [0.1, 0.15) is 22.3 Å². The fraction of sp³-hybridized carbons (Fsp3) is 0.160. The van der Waals surface area contributed by atoms with Crippen LogP contribution in [0.15, 0.2) is 82.2 Å². The van der Waals surface area contributed by atoms with Gasteiger partial charge in [-0.2, -0.15) is 0 Å². The number of aryl methyl sites for hydroxylation is 2. The Kier molecular flexibility index (Phi) is 7.77. The van der Waals surface area contributed by atoms with Crippen LogP contribution in [-0.2, 0) is 4.79 Å². The molecule has 0 atom stereocenters. The van der Waals surface area contributed by atoms with Gasteiger partial charge in [-0.15, -0.1) is 11.8 Å². The van der Waals surface area contributed by atoms with E-state index in [2.05, 4.69) is 84.4 Å². The Bertz CT molecular complexity index is 1030. The molecule has 0 bridgehead atoms. The molecule has 30 heavy (non-hydrogen) atoms. The molecule has 0 aliphatic rings. The van der Waals surface area contributed by atoms with E-state index in [1.165, 1.54) is 27.8 Å². The van der Waals surface area contributed by atoms with Crippen molar-refractivity contribution in [3.05, 3.63) is 99.5 Å². The van der Waals surface area contributed by atoms with Gasteiger partial charge in [-0.3, -0.25) is 0 Å². The van der Waals surface area contributed by atoms with E-state index in [0.717, 1.165) is 15.1 Å². The number of ether oxygens (including phenoxy) is 1. The van der Waals surface area contributed by atoms with E-state index in [0.29, 0.717) is 5.75 Å². The summed E-state index contributed by atoms with van der Waals surface area (Å²) in [5.74, 6) is 0.339. The first kappa shape index (κ1) is 22.2. The van der Waals surface area contributed by atoms with Crippen LogP contribution in [-0.4, -0.2) is 23.4 Å². The van der Waals surface area contributed by atoms with Crippen LogP contribution in [0.2, 0.25) is 0 Å². The Morgan fingerprint density at radius 1 is 1.00 bits per heavy atom. The molecular weight excluding hydrogens is 460 g/mol. The molecule has 0 unspecified atom stereocenters. The fourth-order valence-corrected chi connectivity index (χ4v) is 4.66. The fourth-order valence-electron chi connectivity index (χ4n) is 3.16. The highest BCUT2D eigenvalue weighted by atomic mass is 79.9. The first-order valence-electron chi connectivity index (χ1n) is 9.55. The number of carbonyl (C=O) groups is 1. The molecule has 3 aromatic carbocycles. The molecular formula is C25H23BrO3S. The van der Waals surface area contributed by atoms with Gasteiger partial charge in [0.2, 0.25) is 0 Å². The lowest BCUT2D eigenvalue weighted by molar-refractivity contribution is -0.139. The number of carboxylic acid groups (broad SMARTS) is 1. The minimum absolute atomic E-state index is 0.349. The van der Waals surface area contributed by atoms with Gasteiger partial charge < -0.3 is 9.84 Å². The van der Waals surface area contributed by atoms with Gasteiger partial charge in [-0.1, -0.05) is 54.6 Å². The van der Waals surface area contributed by atoms with Crippen LogP contribution in [0.3, 0.4) is 0 Å². The van der Waals surface area contributed by atoms with Crippen molar-refractivity contribution in [3.63, 3.8) is 0 Å². The topological polar surface area (TPSA) is 46.5 Å². The number of thioether (sulfide) groups is 1. The zero-order chi connectivity index (χ0) is 21.5. The van der Waals surface area contributed by atoms with E-state index >= 15 is 0 Å². The third-order valence-electron chi connectivity index (χ3n) is 4.66. The van der Waals surface area contributed by atoms with Gasteiger partial charge in [0.25, 0.3) is 0 Å². The van der Waals surface area contributed by atoms with Crippen molar-refractivity contribution in [2.75, 3.05) is 12.4 Å². The second kappa shape index (κ2) is 10.5. The maximum absolute atomic E-state index is 10.7. The van der Waals surface area contributed by atoms with Crippen molar-refractivity contribution < 1.29 is 14.6 Å². The molecule has 0 heterocycles. The third-order valence-corrected chi connectivity index (χ3v) is 6.58. The summed E-state index contributed by atoms with van der Waals surface area (Å²) in [5, 5.41) is 8.75. The van der Waals surface area contributed by atoms with Crippen LogP contribution in [0, 0.1) is 13.8 Å². The lowest BCUT2D eigenvalue weighted by Gasteiger charge is -2.14. The molecule has 0 aromatic heterocycles. The summed E-state index contributed by atoms with van der Waals surface area (Å²) in [4.78, 5) is 11.7. The molecule has 3 aromatic rings. The van der Waals surface area contributed by atoms with E-state index in [-0.39, 0.29) is 6.61 Å². The third kappa shape index (κ3) is 5.77. The number of benzene rings is 3. The van der Waals surface area contributed by atoms with Gasteiger partial charge in [0.15, 0.2) is 6.61 Å². The number of hydrogen-bond donors (Lipinski definition) is 1. The first-order valence-corrected chi connectivity index (χ1v) is 11.3. The predicted molar refractivity (Wildman–Crippen MR) is 127 cm³/mol. The summed E-state index contributed by atoms with van der Waals surface area (Å²) < 4.78 is 6.12. The van der Waals surface area contributed by atoms with Crippen molar-refractivity contribution in [2.24, 2.45) is 0 Å². The van der Waals surface area contributed by atoms with Gasteiger partial charge in [0.1, 0.15) is 5.75 Å². The van der Waals surface area contributed by atoms with Crippen molar-refractivity contribution >= 4 is 39.2 Å². The molecule has 0 saturated heterocycles. The Labute approximate surface area is 189 Å². The molecule has 0 aliphatic heterocycles. The van der Waals surface area contributed by atoms with Crippen LogP contribution >= 0.6 is 27.7 Å². The van der Waals surface area contributed by atoms with E-state index < -0.39 is 5.97 Å². The van der Waals surface area contributed by atoms with Crippen LogP contribution < -0.4 is 4.74 Å². The molecule has 1 N–H and O–H groups in total. The molecule has 0 aliphatic carbocycles. The summed E-state index contributed by atoms with van der Waals surface area (Å²) in [7, 11) is 0. The van der Waals surface area contributed by atoms with Gasteiger partial charge >= 0.3 is 5.97 Å². The molecule has 0 radical (unpaired) electrons. The highest BCUT2D eigenvalue weighted by Crippen LogP contribution is 2.33. The average Bonchev–Trinajstić information content (AvgIpc) is 2.72. The number of aliphatic carboxylic acids is 1. The summed E-state index contributed by atoms with van der Waals surface area (Å²) >= 11 is 5.28. The minimum Gasteiger partial charge on any atom is -0.482 e. The van der Waals surface area contributed by atoms with E-state index in [4.69, 9.17) is 9.84 Å². The average molecular weight is 483 g/mol. The van der Waals surface area contributed by atoms with Crippen LogP contribution in [0.25, 0.3) is 5.57 Å². The van der Waals surface area contributed by atoms with E-state index in [1.807, 2.05) is 6.07 Å². The zero-order valence-corrected chi connectivity index (χ0v) is 19.3. The largest absolute Gasteiger partial charge is 0.482 e. The number of rotatable bonds is 8. The number of hydrogen-bond acceptors (Lipinski definition) is 3. The second-order valence-corrected chi connectivity index (χ2v) is 8.75. The molecule has 0 amide bonds. The Morgan fingerprint density at radius 3 is 2.13 bits per heavy atom. The lowest BCUT2D eigenvalue weighted by Crippen LogP contribution is -2.09. The van der Waals surface area contributed by atoms with E-state index in [9.17, 15) is 4.79 Å². The summed E-state index contributed by atoms with van der Waals surface area (Å²) in [6, 6.07) is 22.4. The highest BCUT2D eigenvalue weighted by Gasteiger charge is 2.10. The Morgan fingerprint density at radius 2 is 1.60 bits per heavy atom. The molecule has 154 valence electrons. The minimum atomic E-state index is -0.991. The molecule has 3 nitrogen and oxygen atoms in total.